The molecule has 0 N–H and O–H groups in total. The summed E-state index contributed by atoms with van der Waals surface area (Å²) in [6.07, 6.45) is 12.1. The van der Waals surface area contributed by atoms with Gasteiger partial charge in [-0.3, -0.25) is 9.59 Å². The van der Waals surface area contributed by atoms with Gasteiger partial charge in [0.05, 0.1) is 0 Å². The van der Waals surface area contributed by atoms with E-state index in [0.29, 0.717) is 29.8 Å². The summed E-state index contributed by atoms with van der Waals surface area (Å²) in [4.78, 5) is 26.2. The van der Waals surface area contributed by atoms with E-state index in [1.165, 1.54) is 10.5 Å². The topological polar surface area (TPSA) is 34.1 Å². The SMILES string of the molecule is C[C@]12CC=C3[C@@H](CCC4=CC(=O)CC[C@@]43CCSSc3ccccc3)[C@@H]1CCC2=O. The second-order valence-corrected chi connectivity index (χ2v) is 12.2. The van der Waals surface area contributed by atoms with Crippen molar-refractivity contribution in [2.24, 2.45) is 22.7 Å². The summed E-state index contributed by atoms with van der Waals surface area (Å²) in [7, 11) is 3.79. The Kier molecular flexibility index (Phi) is 5.51. The summed E-state index contributed by atoms with van der Waals surface area (Å²) in [5, 5.41) is 0. The van der Waals surface area contributed by atoms with Crippen molar-refractivity contribution in [1.29, 1.82) is 0 Å². The summed E-state index contributed by atoms with van der Waals surface area (Å²) in [6.45, 7) is 2.22. The van der Waals surface area contributed by atoms with Gasteiger partial charge in [-0.05, 0) is 68.6 Å². The molecule has 4 aliphatic carbocycles. The van der Waals surface area contributed by atoms with Crippen LogP contribution in [0.1, 0.15) is 58.3 Å². The molecule has 0 saturated heterocycles. The average molecular weight is 439 g/mol. The maximum absolute atomic E-state index is 12.7. The predicted octanol–water partition coefficient (Wildman–Crippen LogP) is 6.82. The van der Waals surface area contributed by atoms with Crippen LogP contribution >= 0.6 is 21.6 Å². The first kappa shape index (κ1) is 20.6. The van der Waals surface area contributed by atoms with Gasteiger partial charge in [-0.25, -0.2) is 0 Å². The third-order valence-corrected chi connectivity index (χ3v) is 10.7. The standard InChI is InChI=1S/C26H30O2S2/c1-25-13-12-23-21(22(25)9-10-24(25)28)8-7-18-17-19(27)11-14-26(18,23)15-16-29-30-20-5-3-2-4-6-20/h2-6,12,17,21-22H,7-11,13-16H2,1H3/t21-,22-,25-,26+/m0/s1. The van der Waals surface area contributed by atoms with Gasteiger partial charge in [-0.1, -0.05) is 63.9 Å². The molecule has 2 nitrogen and oxygen atoms in total. The normalized spacial score (nSPS) is 35.2. The molecule has 0 heterocycles. The summed E-state index contributed by atoms with van der Waals surface area (Å²) >= 11 is 0. The molecule has 30 heavy (non-hydrogen) atoms. The lowest BCUT2D eigenvalue weighted by Gasteiger charge is -2.53. The molecule has 0 bridgehead atoms. The van der Waals surface area contributed by atoms with E-state index < -0.39 is 0 Å². The molecule has 0 aromatic heterocycles. The molecule has 1 aromatic rings. The number of allylic oxidation sites excluding steroid dienone is 4. The molecule has 0 spiro atoms. The first-order valence-electron chi connectivity index (χ1n) is 11.4. The van der Waals surface area contributed by atoms with E-state index in [9.17, 15) is 9.59 Å². The van der Waals surface area contributed by atoms with Crippen LogP contribution in [0.25, 0.3) is 0 Å². The van der Waals surface area contributed by atoms with Gasteiger partial charge in [0.2, 0.25) is 0 Å². The Morgan fingerprint density at radius 3 is 2.73 bits per heavy atom. The molecule has 0 radical (unpaired) electrons. The van der Waals surface area contributed by atoms with Crippen LogP contribution in [-0.4, -0.2) is 17.3 Å². The van der Waals surface area contributed by atoms with E-state index in [1.54, 1.807) is 5.57 Å². The van der Waals surface area contributed by atoms with Crippen LogP contribution in [0.4, 0.5) is 0 Å². The summed E-state index contributed by atoms with van der Waals surface area (Å²) in [6, 6.07) is 10.6. The van der Waals surface area contributed by atoms with Crippen molar-refractivity contribution >= 4 is 33.2 Å². The van der Waals surface area contributed by atoms with Gasteiger partial charge in [-0.15, -0.1) is 0 Å². The van der Waals surface area contributed by atoms with E-state index in [4.69, 9.17) is 0 Å². The van der Waals surface area contributed by atoms with Gasteiger partial charge in [0.15, 0.2) is 5.78 Å². The van der Waals surface area contributed by atoms with Crippen molar-refractivity contribution in [3.8, 4) is 0 Å². The molecule has 158 valence electrons. The number of Topliss-reactive ketones (excluding diaryl/α,β-unsaturated/α-hetero) is 1. The van der Waals surface area contributed by atoms with Gasteiger partial charge >= 0.3 is 0 Å². The highest BCUT2D eigenvalue weighted by Gasteiger charge is 2.56. The molecule has 0 unspecified atom stereocenters. The van der Waals surface area contributed by atoms with Gasteiger partial charge < -0.3 is 0 Å². The number of carbonyl (C=O) groups excluding carboxylic acids is 2. The van der Waals surface area contributed by atoms with Gasteiger partial charge in [0, 0.05) is 34.3 Å². The largest absolute Gasteiger partial charge is 0.299 e. The molecule has 4 aliphatic rings. The zero-order valence-electron chi connectivity index (χ0n) is 17.7. The smallest absolute Gasteiger partial charge is 0.155 e. The average Bonchev–Trinajstić information content (AvgIpc) is 3.07. The monoisotopic (exact) mass is 438 g/mol. The minimum absolute atomic E-state index is 0.0635. The van der Waals surface area contributed by atoms with Crippen molar-refractivity contribution in [3.05, 3.63) is 53.6 Å². The first-order valence-corrected chi connectivity index (χ1v) is 13.7. The molecule has 4 atom stereocenters. The minimum Gasteiger partial charge on any atom is -0.299 e. The third-order valence-electron chi connectivity index (χ3n) is 8.30. The van der Waals surface area contributed by atoms with Crippen LogP contribution in [0.2, 0.25) is 0 Å². The summed E-state index contributed by atoms with van der Waals surface area (Å²) in [5.74, 6) is 2.91. The van der Waals surface area contributed by atoms with Gasteiger partial charge in [0.25, 0.3) is 0 Å². The van der Waals surface area contributed by atoms with Gasteiger partial charge in [-0.2, -0.15) is 0 Å². The summed E-state index contributed by atoms with van der Waals surface area (Å²) < 4.78 is 0. The molecular weight excluding hydrogens is 408 g/mol. The maximum Gasteiger partial charge on any atom is 0.155 e. The lowest BCUT2D eigenvalue weighted by atomic mass is 9.50. The summed E-state index contributed by atoms with van der Waals surface area (Å²) in [5.41, 5.74) is 2.90. The van der Waals surface area contributed by atoms with Crippen LogP contribution in [0.3, 0.4) is 0 Å². The molecule has 0 amide bonds. The second-order valence-electron chi connectivity index (χ2n) is 9.68. The molecule has 0 aliphatic heterocycles. The number of hydrogen-bond acceptors (Lipinski definition) is 4. The number of rotatable bonds is 5. The number of hydrogen-bond donors (Lipinski definition) is 0. The second kappa shape index (κ2) is 8.02. The fraction of sp³-hybridized carbons (Fsp3) is 0.538. The van der Waals surface area contributed by atoms with Crippen molar-refractivity contribution in [2.75, 3.05) is 5.75 Å². The van der Waals surface area contributed by atoms with E-state index in [-0.39, 0.29) is 10.8 Å². The van der Waals surface area contributed by atoms with Crippen molar-refractivity contribution < 1.29 is 9.59 Å². The predicted molar refractivity (Wildman–Crippen MR) is 125 cm³/mol. The molecule has 2 saturated carbocycles. The fourth-order valence-corrected chi connectivity index (χ4v) is 8.85. The Balaban J connectivity index is 1.40. The highest BCUT2D eigenvalue weighted by molar-refractivity contribution is 8.76. The molecular formula is C26H30O2S2. The Morgan fingerprint density at radius 1 is 1.07 bits per heavy atom. The van der Waals surface area contributed by atoms with Crippen LogP contribution < -0.4 is 0 Å². The number of fused-ring (bicyclic) bond motifs is 5. The number of benzene rings is 1. The first-order chi connectivity index (χ1) is 14.5. The van der Waals surface area contributed by atoms with E-state index in [1.807, 2.05) is 27.7 Å². The van der Waals surface area contributed by atoms with Crippen LogP contribution in [0, 0.1) is 22.7 Å². The zero-order chi connectivity index (χ0) is 20.8. The van der Waals surface area contributed by atoms with E-state index in [0.717, 1.165) is 50.7 Å². The van der Waals surface area contributed by atoms with Crippen molar-refractivity contribution in [2.45, 2.75) is 63.2 Å². The van der Waals surface area contributed by atoms with Crippen LogP contribution in [0.15, 0.2) is 58.5 Å². The maximum atomic E-state index is 12.7. The lowest BCUT2D eigenvalue weighted by Crippen LogP contribution is -2.45. The Morgan fingerprint density at radius 2 is 1.90 bits per heavy atom. The quantitative estimate of drug-likeness (QED) is 0.287. The van der Waals surface area contributed by atoms with Crippen LogP contribution in [0.5, 0.6) is 0 Å². The number of ketones is 2. The Labute approximate surface area is 187 Å². The van der Waals surface area contributed by atoms with E-state index in [2.05, 4.69) is 43.3 Å². The molecule has 1 aromatic carbocycles. The Hall–Kier alpha value is -1.26. The highest BCUT2D eigenvalue weighted by Crippen LogP contribution is 2.63. The Bertz CT molecular complexity index is 918. The highest BCUT2D eigenvalue weighted by atomic mass is 33.1. The lowest BCUT2D eigenvalue weighted by molar-refractivity contribution is -0.127. The minimum atomic E-state index is -0.140. The third kappa shape index (κ3) is 3.35. The van der Waals surface area contributed by atoms with E-state index >= 15 is 0 Å². The molecule has 5 rings (SSSR count). The fourth-order valence-electron chi connectivity index (χ4n) is 6.69. The molecule has 4 heteroatoms. The van der Waals surface area contributed by atoms with Crippen LogP contribution in [-0.2, 0) is 9.59 Å². The number of carbonyl (C=O) groups is 2. The molecule has 2 fully saturated rings. The van der Waals surface area contributed by atoms with Crippen molar-refractivity contribution in [1.82, 2.24) is 0 Å². The van der Waals surface area contributed by atoms with Crippen molar-refractivity contribution in [3.63, 3.8) is 0 Å². The zero-order valence-corrected chi connectivity index (χ0v) is 19.3. The van der Waals surface area contributed by atoms with Gasteiger partial charge in [0.1, 0.15) is 5.78 Å².